The molecular formula is C28H56O3. The Bertz CT molecular complexity index is 356. The third-order valence-corrected chi connectivity index (χ3v) is 6.53. The highest BCUT2D eigenvalue weighted by molar-refractivity contribution is 5.57. The van der Waals surface area contributed by atoms with Gasteiger partial charge in [-0.1, -0.05) is 142 Å². The van der Waals surface area contributed by atoms with Crippen LogP contribution in [0.5, 0.6) is 0 Å². The molecule has 0 amide bonds. The molecule has 3 nitrogen and oxygen atoms in total. The molecular weight excluding hydrogens is 384 g/mol. The molecule has 0 saturated heterocycles. The average Bonchev–Trinajstić information content (AvgIpc) is 2.75. The lowest BCUT2D eigenvalue weighted by Crippen LogP contribution is -2.16. The molecule has 0 spiro atoms. The van der Waals surface area contributed by atoms with Crippen LogP contribution < -0.4 is 0 Å². The van der Waals surface area contributed by atoms with Crippen LogP contribution in [-0.2, 0) is 4.74 Å². The lowest BCUT2D eigenvalue weighted by Gasteiger charge is -2.15. The Morgan fingerprint density at radius 1 is 0.516 bits per heavy atom. The first-order valence-corrected chi connectivity index (χ1v) is 14.1. The minimum Gasteiger partial charge on any atom is -0.450 e. The summed E-state index contributed by atoms with van der Waals surface area (Å²) in [5.74, 6) is 0. The summed E-state index contributed by atoms with van der Waals surface area (Å²) < 4.78 is 5.12. The van der Waals surface area contributed by atoms with Crippen molar-refractivity contribution >= 4 is 6.16 Å². The average molecular weight is 441 g/mol. The Kier molecular flexibility index (Phi) is 24.9. The van der Waals surface area contributed by atoms with Crippen LogP contribution in [-0.4, -0.2) is 17.4 Å². The summed E-state index contributed by atoms with van der Waals surface area (Å²) in [6.45, 7) is 4.51. The molecule has 0 radical (unpaired) electrons. The fraction of sp³-hybridized carbons (Fsp3) is 0.964. The largest absolute Gasteiger partial charge is 0.506 e. The highest BCUT2D eigenvalue weighted by atomic mass is 16.7. The number of ether oxygens (including phenoxy) is 1. The fourth-order valence-corrected chi connectivity index (χ4v) is 4.48. The predicted octanol–water partition coefficient (Wildman–Crippen LogP) is 10.5. The van der Waals surface area contributed by atoms with Gasteiger partial charge in [-0.15, -0.1) is 0 Å². The molecule has 0 aliphatic carbocycles. The molecule has 0 aliphatic rings. The first-order valence-electron chi connectivity index (χ1n) is 14.1. The second kappa shape index (κ2) is 25.5. The zero-order valence-electron chi connectivity index (χ0n) is 21.3. The first kappa shape index (κ1) is 30.3. The maximum atomic E-state index is 10.9. The summed E-state index contributed by atoms with van der Waals surface area (Å²) in [6.07, 6.45) is 30.0. The molecule has 0 rings (SSSR count). The van der Waals surface area contributed by atoms with Gasteiger partial charge in [0.05, 0.1) is 0 Å². The molecule has 1 atom stereocenters. The normalized spacial score (nSPS) is 12.2. The minimum atomic E-state index is -1.10. The molecule has 0 aromatic heterocycles. The summed E-state index contributed by atoms with van der Waals surface area (Å²) in [5.41, 5.74) is 0. The summed E-state index contributed by atoms with van der Waals surface area (Å²) in [7, 11) is 0. The third kappa shape index (κ3) is 25.4. The van der Waals surface area contributed by atoms with Crippen LogP contribution in [0.25, 0.3) is 0 Å². The van der Waals surface area contributed by atoms with Crippen LogP contribution in [0.15, 0.2) is 0 Å². The van der Waals surface area contributed by atoms with E-state index in [2.05, 4.69) is 13.8 Å². The topological polar surface area (TPSA) is 46.5 Å². The standard InChI is InChI=1S/C28H56O3/c1-3-5-7-9-11-12-13-14-15-16-17-18-19-20-22-24-26-27(31-28(29)30)25-23-21-10-8-6-4-2/h27H,3-26H2,1-2H3,(H,29,30). The Labute approximate surface area is 195 Å². The highest BCUT2D eigenvalue weighted by Gasteiger charge is 2.13. The van der Waals surface area contributed by atoms with Gasteiger partial charge in [0.2, 0.25) is 0 Å². The molecule has 1 N–H and O–H groups in total. The summed E-state index contributed by atoms with van der Waals surface area (Å²) in [5, 5.41) is 8.97. The van der Waals surface area contributed by atoms with Crippen LogP contribution >= 0.6 is 0 Å². The number of unbranched alkanes of at least 4 members (excludes halogenated alkanes) is 20. The Hall–Kier alpha value is -0.730. The van der Waals surface area contributed by atoms with Gasteiger partial charge in [0.15, 0.2) is 0 Å². The predicted molar refractivity (Wildman–Crippen MR) is 135 cm³/mol. The Morgan fingerprint density at radius 3 is 1.03 bits per heavy atom. The number of rotatable bonds is 25. The lowest BCUT2D eigenvalue weighted by molar-refractivity contribution is 0.0422. The molecule has 0 bridgehead atoms. The van der Waals surface area contributed by atoms with Crippen molar-refractivity contribution in [3.63, 3.8) is 0 Å². The van der Waals surface area contributed by atoms with Gasteiger partial charge in [-0.25, -0.2) is 4.79 Å². The second-order valence-electron chi connectivity index (χ2n) is 9.65. The van der Waals surface area contributed by atoms with Crippen molar-refractivity contribution in [1.29, 1.82) is 0 Å². The van der Waals surface area contributed by atoms with Gasteiger partial charge >= 0.3 is 6.16 Å². The van der Waals surface area contributed by atoms with Gasteiger partial charge in [0.25, 0.3) is 0 Å². The van der Waals surface area contributed by atoms with Crippen molar-refractivity contribution in [2.24, 2.45) is 0 Å². The molecule has 31 heavy (non-hydrogen) atoms. The van der Waals surface area contributed by atoms with E-state index in [0.717, 1.165) is 25.7 Å². The van der Waals surface area contributed by atoms with Gasteiger partial charge < -0.3 is 9.84 Å². The van der Waals surface area contributed by atoms with E-state index in [1.54, 1.807) is 0 Å². The van der Waals surface area contributed by atoms with Gasteiger partial charge in [-0.05, 0) is 25.7 Å². The van der Waals surface area contributed by atoms with Crippen molar-refractivity contribution in [2.75, 3.05) is 0 Å². The lowest BCUT2D eigenvalue weighted by atomic mass is 10.0. The second-order valence-corrected chi connectivity index (χ2v) is 9.65. The SMILES string of the molecule is CCCCCCCCCCCCCCCCCCC(CCCCCCCC)OC(=O)O. The van der Waals surface area contributed by atoms with Crippen LogP contribution in [0.1, 0.15) is 168 Å². The van der Waals surface area contributed by atoms with Crippen LogP contribution in [0.3, 0.4) is 0 Å². The summed E-state index contributed by atoms with van der Waals surface area (Å²) in [4.78, 5) is 10.9. The van der Waals surface area contributed by atoms with E-state index in [4.69, 9.17) is 9.84 Å². The Balaban J connectivity index is 3.43. The summed E-state index contributed by atoms with van der Waals surface area (Å²) >= 11 is 0. The molecule has 186 valence electrons. The molecule has 3 heteroatoms. The summed E-state index contributed by atoms with van der Waals surface area (Å²) in [6, 6.07) is 0. The zero-order chi connectivity index (χ0) is 22.8. The van der Waals surface area contributed by atoms with Gasteiger partial charge in [-0.2, -0.15) is 0 Å². The quantitative estimate of drug-likeness (QED) is 0.113. The number of hydrogen-bond donors (Lipinski definition) is 1. The molecule has 0 aromatic carbocycles. The van der Waals surface area contributed by atoms with E-state index in [1.165, 1.54) is 128 Å². The molecule has 0 aromatic rings. The van der Waals surface area contributed by atoms with E-state index in [9.17, 15) is 4.79 Å². The van der Waals surface area contributed by atoms with E-state index >= 15 is 0 Å². The van der Waals surface area contributed by atoms with Gasteiger partial charge in [0, 0.05) is 0 Å². The van der Waals surface area contributed by atoms with Gasteiger partial charge in [0.1, 0.15) is 6.10 Å². The highest BCUT2D eigenvalue weighted by Crippen LogP contribution is 2.18. The molecule has 0 heterocycles. The van der Waals surface area contributed by atoms with E-state index in [1.807, 2.05) is 0 Å². The zero-order valence-corrected chi connectivity index (χ0v) is 21.3. The number of carboxylic acid groups (broad SMARTS) is 1. The minimum absolute atomic E-state index is 0.0877. The van der Waals surface area contributed by atoms with Crippen LogP contribution in [0.2, 0.25) is 0 Å². The number of hydrogen-bond acceptors (Lipinski definition) is 2. The van der Waals surface area contributed by atoms with Crippen molar-refractivity contribution in [3.05, 3.63) is 0 Å². The molecule has 0 saturated carbocycles. The van der Waals surface area contributed by atoms with Crippen LogP contribution in [0, 0.1) is 0 Å². The van der Waals surface area contributed by atoms with Crippen molar-refractivity contribution in [2.45, 2.75) is 174 Å². The van der Waals surface area contributed by atoms with E-state index in [-0.39, 0.29) is 6.10 Å². The monoisotopic (exact) mass is 440 g/mol. The number of carbonyl (C=O) groups is 1. The maximum Gasteiger partial charge on any atom is 0.506 e. The van der Waals surface area contributed by atoms with E-state index < -0.39 is 6.16 Å². The van der Waals surface area contributed by atoms with Gasteiger partial charge in [-0.3, -0.25) is 0 Å². The van der Waals surface area contributed by atoms with Crippen molar-refractivity contribution in [1.82, 2.24) is 0 Å². The molecule has 0 fully saturated rings. The smallest absolute Gasteiger partial charge is 0.450 e. The van der Waals surface area contributed by atoms with E-state index in [0.29, 0.717) is 0 Å². The van der Waals surface area contributed by atoms with Crippen LogP contribution in [0.4, 0.5) is 4.79 Å². The Morgan fingerprint density at radius 2 is 0.774 bits per heavy atom. The third-order valence-electron chi connectivity index (χ3n) is 6.53. The van der Waals surface area contributed by atoms with Crippen molar-refractivity contribution in [3.8, 4) is 0 Å². The molecule has 1 unspecified atom stereocenters. The maximum absolute atomic E-state index is 10.9. The molecule has 0 aliphatic heterocycles. The fourth-order valence-electron chi connectivity index (χ4n) is 4.48. The first-order chi connectivity index (χ1) is 15.2. The van der Waals surface area contributed by atoms with Crippen molar-refractivity contribution < 1.29 is 14.6 Å².